The maximum Gasteiger partial charge on any atom is 0.287 e. The monoisotopic (exact) mass is 300 g/mol. The first-order chi connectivity index (χ1) is 9.33. The van der Waals surface area contributed by atoms with Gasteiger partial charge in [-0.05, 0) is 18.8 Å². The lowest BCUT2D eigenvalue weighted by Crippen LogP contribution is -2.45. The minimum Gasteiger partial charge on any atom is -0.381 e. The topological polar surface area (TPSA) is 72.9 Å². The Morgan fingerprint density at radius 2 is 2.05 bits per heavy atom. The van der Waals surface area contributed by atoms with E-state index in [0.717, 1.165) is 12.8 Å². The summed E-state index contributed by atoms with van der Waals surface area (Å²) in [5.74, 6) is 0.340. The average Bonchev–Trinajstić information content (AvgIpc) is 2.42. The SMILES string of the molecule is CCC(N)(CC)CNc1cnn(CC(C)C)c(=O)c1Cl. The first-order valence-electron chi connectivity index (χ1n) is 7.11. The van der Waals surface area contributed by atoms with E-state index < -0.39 is 0 Å². The molecule has 20 heavy (non-hydrogen) atoms. The standard InChI is InChI=1S/C14H25ClN4O/c1-5-14(16,6-2)9-17-11-7-18-19(8-10(3)4)13(20)12(11)15/h7,10,17H,5-6,8-9,16H2,1-4H3. The quantitative estimate of drug-likeness (QED) is 0.811. The molecular formula is C14H25ClN4O. The van der Waals surface area contributed by atoms with Crippen LogP contribution in [0.1, 0.15) is 40.5 Å². The molecule has 0 saturated carbocycles. The molecule has 5 nitrogen and oxygen atoms in total. The number of aromatic nitrogens is 2. The second-order valence-electron chi connectivity index (χ2n) is 5.68. The van der Waals surface area contributed by atoms with Crippen LogP contribution in [0.3, 0.4) is 0 Å². The Morgan fingerprint density at radius 1 is 1.45 bits per heavy atom. The lowest BCUT2D eigenvalue weighted by molar-refractivity contribution is 0.418. The molecule has 114 valence electrons. The average molecular weight is 301 g/mol. The fraction of sp³-hybridized carbons (Fsp3) is 0.714. The van der Waals surface area contributed by atoms with Crippen LogP contribution in [0, 0.1) is 5.92 Å². The molecule has 3 N–H and O–H groups in total. The van der Waals surface area contributed by atoms with E-state index in [2.05, 4.69) is 10.4 Å². The van der Waals surface area contributed by atoms with Crippen LogP contribution >= 0.6 is 11.6 Å². The van der Waals surface area contributed by atoms with E-state index in [4.69, 9.17) is 17.3 Å². The van der Waals surface area contributed by atoms with Crippen molar-refractivity contribution in [3.8, 4) is 0 Å². The molecule has 0 radical (unpaired) electrons. The van der Waals surface area contributed by atoms with Gasteiger partial charge < -0.3 is 11.1 Å². The maximum absolute atomic E-state index is 12.1. The van der Waals surface area contributed by atoms with E-state index in [-0.39, 0.29) is 16.1 Å². The molecule has 0 unspecified atom stereocenters. The molecule has 0 spiro atoms. The zero-order valence-corrected chi connectivity index (χ0v) is 13.5. The van der Waals surface area contributed by atoms with Gasteiger partial charge in [0, 0.05) is 18.6 Å². The Morgan fingerprint density at radius 3 is 2.55 bits per heavy atom. The van der Waals surface area contributed by atoms with Gasteiger partial charge in [-0.15, -0.1) is 0 Å². The third kappa shape index (κ3) is 4.21. The third-order valence-corrected chi connectivity index (χ3v) is 3.93. The molecule has 1 heterocycles. The minimum atomic E-state index is -0.296. The lowest BCUT2D eigenvalue weighted by Gasteiger charge is -2.27. The molecular weight excluding hydrogens is 276 g/mol. The summed E-state index contributed by atoms with van der Waals surface area (Å²) in [5.41, 5.74) is 6.21. The van der Waals surface area contributed by atoms with Crippen molar-refractivity contribution in [1.82, 2.24) is 9.78 Å². The van der Waals surface area contributed by atoms with Crippen LogP contribution in [0.25, 0.3) is 0 Å². The highest BCUT2D eigenvalue weighted by Gasteiger charge is 2.20. The molecule has 0 amide bonds. The smallest absolute Gasteiger partial charge is 0.287 e. The number of hydrogen-bond donors (Lipinski definition) is 2. The van der Waals surface area contributed by atoms with Crippen molar-refractivity contribution in [3.63, 3.8) is 0 Å². The van der Waals surface area contributed by atoms with Crippen molar-refractivity contribution in [3.05, 3.63) is 21.6 Å². The summed E-state index contributed by atoms with van der Waals surface area (Å²) >= 11 is 6.12. The molecule has 0 aliphatic heterocycles. The Balaban J connectivity index is 2.88. The Kier molecular flexibility index (Phi) is 6.02. The van der Waals surface area contributed by atoms with Crippen molar-refractivity contribution in [1.29, 1.82) is 0 Å². The summed E-state index contributed by atoms with van der Waals surface area (Å²) in [6, 6.07) is 0. The van der Waals surface area contributed by atoms with E-state index in [0.29, 0.717) is 24.7 Å². The molecule has 6 heteroatoms. The van der Waals surface area contributed by atoms with Gasteiger partial charge in [0.25, 0.3) is 5.56 Å². The van der Waals surface area contributed by atoms with Crippen LogP contribution in [0.4, 0.5) is 5.69 Å². The zero-order chi connectivity index (χ0) is 15.3. The molecule has 1 rings (SSSR count). The number of rotatable bonds is 7. The number of halogens is 1. The van der Waals surface area contributed by atoms with Gasteiger partial charge in [0.15, 0.2) is 0 Å². The van der Waals surface area contributed by atoms with E-state index in [1.807, 2.05) is 27.7 Å². The van der Waals surface area contributed by atoms with Crippen molar-refractivity contribution in [2.75, 3.05) is 11.9 Å². The molecule has 0 fully saturated rings. The van der Waals surface area contributed by atoms with E-state index in [1.54, 1.807) is 6.20 Å². The molecule has 1 aromatic rings. The van der Waals surface area contributed by atoms with Crippen LogP contribution in [0.2, 0.25) is 5.02 Å². The fourth-order valence-corrected chi connectivity index (χ4v) is 2.05. The fourth-order valence-electron chi connectivity index (χ4n) is 1.84. The highest BCUT2D eigenvalue weighted by atomic mass is 35.5. The van der Waals surface area contributed by atoms with Crippen LogP contribution < -0.4 is 16.6 Å². The van der Waals surface area contributed by atoms with Gasteiger partial charge >= 0.3 is 0 Å². The molecule has 1 aromatic heterocycles. The van der Waals surface area contributed by atoms with E-state index in [9.17, 15) is 4.79 Å². The van der Waals surface area contributed by atoms with Gasteiger partial charge in [0.2, 0.25) is 0 Å². The van der Waals surface area contributed by atoms with Gasteiger partial charge in [-0.2, -0.15) is 5.10 Å². The van der Waals surface area contributed by atoms with Gasteiger partial charge in [-0.25, -0.2) is 4.68 Å². The zero-order valence-electron chi connectivity index (χ0n) is 12.7. The molecule has 0 bridgehead atoms. The molecule has 0 aromatic carbocycles. The number of nitrogens with zero attached hydrogens (tertiary/aromatic N) is 2. The number of nitrogens with one attached hydrogen (secondary N) is 1. The maximum atomic E-state index is 12.1. The Hall–Kier alpha value is -1.07. The largest absolute Gasteiger partial charge is 0.381 e. The van der Waals surface area contributed by atoms with Gasteiger partial charge in [-0.3, -0.25) is 4.79 Å². The first kappa shape index (κ1) is 17.0. The van der Waals surface area contributed by atoms with Crippen molar-refractivity contribution in [2.24, 2.45) is 11.7 Å². The molecule has 0 saturated heterocycles. The summed E-state index contributed by atoms with van der Waals surface area (Å²) in [4.78, 5) is 12.1. The summed E-state index contributed by atoms with van der Waals surface area (Å²) in [6.07, 6.45) is 3.30. The predicted molar refractivity (Wildman–Crippen MR) is 84.3 cm³/mol. The van der Waals surface area contributed by atoms with Crippen molar-refractivity contribution < 1.29 is 0 Å². The number of nitrogens with two attached hydrogens (primary N) is 1. The van der Waals surface area contributed by atoms with Gasteiger partial charge in [0.1, 0.15) is 5.02 Å². The number of anilines is 1. The molecule has 0 aliphatic rings. The van der Waals surface area contributed by atoms with Crippen molar-refractivity contribution >= 4 is 17.3 Å². The molecule has 0 aliphatic carbocycles. The number of hydrogen-bond acceptors (Lipinski definition) is 4. The van der Waals surface area contributed by atoms with Crippen LogP contribution in [-0.2, 0) is 6.54 Å². The highest BCUT2D eigenvalue weighted by molar-refractivity contribution is 6.32. The summed E-state index contributed by atoms with van der Waals surface area (Å²) < 4.78 is 1.40. The Labute approximate surface area is 125 Å². The molecule has 0 atom stereocenters. The van der Waals surface area contributed by atoms with Gasteiger partial charge in [0.05, 0.1) is 11.9 Å². The normalized spacial score (nSPS) is 11.9. The van der Waals surface area contributed by atoms with Crippen LogP contribution in [0.5, 0.6) is 0 Å². The van der Waals surface area contributed by atoms with Crippen molar-refractivity contribution in [2.45, 2.75) is 52.6 Å². The lowest BCUT2D eigenvalue weighted by atomic mass is 9.94. The minimum absolute atomic E-state index is 0.176. The second-order valence-corrected chi connectivity index (χ2v) is 6.05. The van der Waals surface area contributed by atoms with Crippen LogP contribution in [-0.4, -0.2) is 21.9 Å². The van der Waals surface area contributed by atoms with Gasteiger partial charge in [-0.1, -0.05) is 39.3 Å². The second kappa shape index (κ2) is 7.09. The summed E-state index contributed by atoms with van der Waals surface area (Å²) in [7, 11) is 0. The summed E-state index contributed by atoms with van der Waals surface area (Å²) in [5, 5.41) is 7.47. The first-order valence-corrected chi connectivity index (χ1v) is 7.49. The highest BCUT2D eigenvalue weighted by Crippen LogP contribution is 2.18. The van der Waals surface area contributed by atoms with E-state index in [1.165, 1.54) is 4.68 Å². The predicted octanol–water partition coefficient (Wildman–Crippen LogP) is 2.48. The van der Waals surface area contributed by atoms with E-state index >= 15 is 0 Å². The summed E-state index contributed by atoms with van der Waals surface area (Å²) in [6.45, 7) is 9.27. The third-order valence-electron chi connectivity index (χ3n) is 3.56. The Bertz CT molecular complexity index is 494. The van der Waals surface area contributed by atoms with Crippen LogP contribution in [0.15, 0.2) is 11.0 Å².